The van der Waals surface area contributed by atoms with Gasteiger partial charge in [0.05, 0.1) is 13.3 Å². The van der Waals surface area contributed by atoms with Gasteiger partial charge in [0.15, 0.2) is 23.1 Å². The van der Waals surface area contributed by atoms with E-state index in [1.165, 1.54) is 19.2 Å². The Morgan fingerprint density at radius 1 is 1.28 bits per heavy atom. The molecule has 0 unspecified atom stereocenters. The highest BCUT2D eigenvalue weighted by Gasteiger charge is 2.29. The predicted molar refractivity (Wildman–Crippen MR) is 102 cm³/mol. The van der Waals surface area contributed by atoms with Crippen molar-refractivity contribution in [3.05, 3.63) is 41.6 Å². The van der Waals surface area contributed by atoms with E-state index in [1.54, 1.807) is 37.4 Å². The Morgan fingerprint density at radius 3 is 2.76 bits per heavy atom. The SMILES string of the molecule is COc1ccc(F)cc1[C@@H](C)Oc1cn2c(C3=NC(C)(C)ON3)nnc2nc1N. The smallest absolute Gasteiger partial charge is 0.257 e. The lowest BCUT2D eigenvalue weighted by Crippen LogP contribution is -2.24. The molecule has 0 saturated heterocycles. The van der Waals surface area contributed by atoms with E-state index in [2.05, 4.69) is 25.7 Å². The Labute approximate surface area is 165 Å². The summed E-state index contributed by atoms with van der Waals surface area (Å²) < 4.78 is 26.6. The summed E-state index contributed by atoms with van der Waals surface area (Å²) in [5.41, 5.74) is 8.56. The summed E-state index contributed by atoms with van der Waals surface area (Å²) in [6.45, 7) is 5.36. The van der Waals surface area contributed by atoms with Gasteiger partial charge in [-0.3, -0.25) is 4.40 Å². The van der Waals surface area contributed by atoms with Gasteiger partial charge in [-0.2, -0.15) is 4.98 Å². The van der Waals surface area contributed by atoms with Crippen molar-refractivity contribution in [3.8, 4) is 11.5 Å². The number of nitrogen functional groups attached to an aromatic ring is 1. The van der Waals surface area contributed by atoms with Gasteiger partial charge in [-0.05, 0) is 39.0 Å². The number of benzene rings is 1. The van der Waals surface area contributed by atoms with E-state index >= 15 is 0 Å². The topological polar surface area (TPSA) is 121 Å². The Morgan fingerprint density at radius 2 is 2.07 bits per heavy atom. The van der Waals surface area contributed by atoms with Crippen molar-refractivity contribution in [1.29, 1.82) is 0 Å². The highest BCUT2D eigenvalue weighted by atomic mass is 19.1. The van der Waals surface area contributed by atoms with Crippen LogP contribution in [0.1, 0.15) is 38.3 Å². The number of amidine groups is 1. The second kappa shape index (κ2) is 6.85. The standard InChI is InChI=1S/C18H20FN7O3/c1-9(11-7-10(19)5-6-12(11)27-4)28-13-8-26-16(15-22-18(2,3)29-25-15)23-24-17(26)21-14(13)20/h5-9H,1-4H3,(H,22,25)(H2,20,21,24)/t9-/m1/s1. The van der Waals surface area contributed by atoms with Gasteiger partial charge in [0.2, 0.25) is 5.82 Å². The number of rotatable bonds is 5. The molecule has 0 aliphatic carbocycles. The van der Waals surface area contributed by atoms with Crippen LogP contribution in [0.4, 0.5) is 10.2 Å². The number of nitrogens with zero attached hydrogens (tertiary/aromatic N) is 5. The summed E-state index contributed by atoms with van der Waals surface area (Å²) in [4.78, 5) is 14.0. The summed E-state index contributed by atoms with van der Waals surface area (Å²) in [6.07, 6.45) is 1.04. The zero-order chi connectivity index (χ0) is 20.8. The number of hydrogen-bond donors (Lipinski definition) is 2. The van der Waals surface area contributed by atoms with Crippen molar-refractivity contribution in [1.82, 2.24) is 25.1 Å². The number of anilines is 1. The van der Waals surface area contributed by atoms with Crippen LogP contribution in [0.15, 0.2) is 29.4 Å². The number of aliphatic imine (C=N–C) groups is 1. The first kappa shape index (κ1) is 18.9. The van der Waals surface area contributed by atoms with Crippen LogP contribution in [-0.4, -0.2) is 38.3 Å². The van der Waals surface area contributed by atoms with E-state index in [0.29, 0.717) is 23.0 Å². The molecule has 11 heteroatoms. The monoisotopic (exact) mass is 401 g/mol. The van der Waals surface area contributed by atoms with Crippen molar-refractivity contribution in [2.24, 2.45) is 4.99 Å². The maximum absolute atomic E-state index is 13.7. The molecule has 29 heavy (non-hydrogen) atoms. The number of hydrogen-bond acceptors (Lipinski definition) is 9. The van der Waals surface area contributed by atoms with Crippen LogP contribution in [0.5, 0.6) is 11.5 Å². The largest absolute Gasteiger partial charge is 0.496 e. The van der Waals surface area contributed by atoms with Crippen molar-refractivity contribution in [3.63, 3.8) is 0 Å². The minimum Gasteiger partial charge on any atom is -0.496 e. The zero-order valence-electron chi connectivity index (χ0n) is 16.3. The molecule has 1 aliphatic rings. The number of fused-ring (bicyclic) bond motifs is 1. The van der Waals surface area contributed by atoms with Gasteiger partial charge in [0.1, 0.15) is 17.7 Å². The fourth-order valence-corrected chi connectivity index (χ4v) is 2.94. The molecular formula is C18H20FN7O3. The van der Waals surface area contributed by atoms with E-state index in [4.69, 9.17) is 20.0 Å². The lowest BCUT2D eigenvalue weighted by molar-refractivity contribution is -0.0270. The molecule has 0 amide bonds. The average Bonchev–Trinajstić information content (AvgIpc) is 3.24. The molecule has 3 N–H and O–H groups in total. The lowest BCUT2D eigenvalue weighted by atomic mass is 10.1. The molecule has 3 heterocycles. The van der Waals surface area contributed by atoms with Crippen LogP contribution >= 0.6 is 0 Å². The molecule has 0 fully saturated rings. The predicted octanol–water partition coefficient (Wildman–Crippen LogP) is 2.01. The molecular weight excluding hydrogens is 381 g/mol. The van der Waals surface area contributed by atoms with Gasteiger partial charge in [-0.15, -0.1) is 10.2 Å². The van der Waals surface area contributed by atoms with E-state index in [-0.39, 0.29) is 17.3 Å². The third-order valence-electron chi connectivity index (χ3n) is 4.32. The number of hydroxylamine groups is 1. The fraction of sp³-hybridized carbons (Fsp3) is 0.333. The molecule has 1 atom stereocenters. The van der Waals surface area contributed by atoms with E-state index in [9.17, 15) is 4.39 Å². The van der Waals surface area contributed by atoms with Crippen LogP contribution in [0.3, 0.4) is 0 Å². The van der Waals surface area contributed by atoms with Gasteiger partial charge >= 0.3 is 0 Å². The lowest BCUT2D eigenvalue weighted by Gasteiger charge is -2.18. The number of nitrogens with one attached hydrogen (secondary N) is 1. The number of halogens is 1. The third kappa shape index (κ3) is 3.51. The summed E-state index contributed by atoms with van der Waals surface area (Å²) in [6, 6.07) is 4.21. The third-order valence-corrected chi connectivity index (χ3v) is 4.32. The van der Waals surface area contributed by atoms with E-state index in [0.717, 1.165) is 0 Å². The molecule has 10 nitrogen and oxygen atoms in total. The highest BCUT2D eigenvalue weighted by molar-refractivity contribution is 5.96. The maximum Gasteiger partial charge on any atom is 0.257 e. The zero-order valence-corrected chi connectivity index (χ0v) is 16.3. The molecule has 0 spiro atoms. The molecule has 2 aromatic heterocycles. The van der Waals surface area contributed by atoms with Gasteiger partial charge in [0.25, 0.3) is 5.78 Å². The number of aromatic nitrogens is 4. The summed E-state index contributed by atoms with van der Waals surface area (Å²) >= 11 is 0. The van der Waals surface area contributed by atoms with Crippen LogP contribution in [0, 0.1) is 5.82 Å². The number of nitrogens with two attached hydrogens (primary N) is 1. The molecule has 0 bridgehead atoms. The Balaban J connectivity index is 1.70. The van der Waals surface area contributed by atoms with Gasteiger partial charge in [-0.1, -0.05) is 0 Å². The fourth-order valence-electron chi connectivity index (χ4n) is 2.94. The summed E-state index contributed by atoms with van der Waals surface area (Å²) in [5.74, 6) is 1.56. The van der Waals surface area contributed by atoms with Gasteiger partial charge < -0.3 is 15.2 Å². The van der Waals surface area contributed by atoms with E-state index < -0.39 is 17.6 Å². The minimum absolute atomic E-state index is 0.122. The molecule has 1 aromatic carbocycles. The van der Waals surface area contributed by atoms with Gasteiger partial charge in [-0.25, -0.2) is 19.7 Å². The van der Waals surface area contributed by atoms with Gasteiger partial charge in [0, 0.05) is 5.56 Å². The maximum atomic E-state index is 13.7. The molecule has 0 saturated carbocycles. The minimum atomic E-state index is -0.732. The number of methoxy groups -OCH3 is 1. The van der Waals surface area contributed by atoms with Crippen LogP contribution in [-0.2, 0) is 4.84 Å². The van der Waals surface area contributed by atoms with Crippen LogP contribution in [0.25, 0.3) is 5.78 Å². The van der Waals surface area contributed by atoms with Crippen LogP contribution < -0.4 is 20.7 Å². The first-order chi connectivity index (χ1) is 13.8. The Kier molecular flexibility index (Phi) is 4.46. The first-order valence-electron chi connectivity index (χ1n) is 8.83. The highest BCUT2D eigenvalue weighted by Crippen LogP contribution is 2.32. The normalized spacial score (nSPS) is 16.4. The molecule has 152 valence electrons. The summed E-state index contributed by atoms with van der Waals surface area (Å²) in [7, 11) is 1.51. The van der Waals surface area contributed by atoms with Crippen molar-refractivity contribution < 1.29 is 18.7 Å². The average molecular weight is 401 g/mol. The molecule has 1 aliphatic heterocycles. The second-order valence-corrected chi connectivity index (χ2v) is 6.94. The van der Waals surface area contributed by atoms with E-state index in [1.807, 2.05) is 0 Å². The Bertz CT molecular complexity index is 1110. The molecule has 3 aromatic rings. The number of ether oxygens (including phenoxy) is 2. The molecule has 0 radical (unpaired) electrons. The van der Waals surface area contributed by atoms with Crippen LogP contribution in [0.2, 0.25) is 0 Å². The quantitative estimate of drug-likeness (QED) is 0.666. The Hall–Kier alpha value is -3.47. The summed E-state index contributed by atoms with van der Waals surface area (Å²) in [5, 5.41) is 8.11. The van der Waals surface area contributed by atoms with Crippen molar-refractivity contribution in [2.45, 2.75) is 32.6 Å². The molecule has 4 rings (SSSR count). The second-order valence-electron chi connectivity index (χ2n) is 6.94. The van der Waals surface area contributed by atoms with Crippen molar-refractivity contribution in [2.75, 3.05) is 12.8 Å². The van der Waals surface area contributed by atoms with Crippen molar-refractivity contribution >= 4 is 17.4 Å². The first-order valence-corrected chi connectivity index (χ1v) is 8.83.